The summed E-state index contributed by atoms with van der Waals surface area (Å²) in [4.78, 5) is 19.7. The molecule has 0 fully saturated rings. The third-order valence-electron chi connectivity index (χ3n) is 2.02. The Morgan fingerprint density at radius 3 is 3.00 bits per heavy atom. The number of halogens is 1. The van der Waals surface area contributed by atoms with E-state index in [0.29, 0.717) is 10.3 Å². The highest BCUT2D eigenvalue weighted by molar-refractivity contribution is 9.10. The summed E-state index contributed by atoms with van der Waals surface area (Å²) in [7, 11) is 0. The molecule has 2 aromatic rings. The topological polar surface area (TPSA) is 45.8 Å². The number of rotatable bonds is 2. The number of nitrogens with one attached hydrogen (secondary N) is 1. The first-order valence-corrected chi connectivity index (χ1v) is 6.22. The van der Waals surface area contributed by atoms with Crippen molar-refractivity contribution in [2.75, 3.05) is 0 Å². The molecular weight excluding hydrogens is 276 g/mol. The Kier molecular flexibility index (Phi) is 3.02. The minimum Gasteiger partial charge on any atom is -0.305 e. The first kappa shape index (κ1) is 10.6. The van der Waals surface area contributed by atoms with Crippen molar-refractivity contribution in [1.29, 1.82) is 0 Å². The van der Waals surface area contributed by atoms with Crippen molar-refractivity contribution >= 4 is 27.3 Å². The molecule has 0 aliphatic carbocycles. The van der Waals surface area contributed by atoms with Crippen molar-refractivity contribution in [3.05, 3.63) is 38.0 Å². The Balaban J connectivity index is 2.61. The summed E-state index contributed by atoms with van der Waals surface area (Å²) in [5.41, 5.74) is 0.674. The molecule has 0 saturated heterocycles. The third-order valence-corrected chi connectivity index (χ3v) is 3.72. The van der Waals surface area contributed by atoms with Gasteiger partial charge in [0, 0.05) is 0 Å². The van der Waals surface area contributed by atoms with E-state index in [-0.39, 0.29) is 5.56 Å². The lowest BCUT2D eigenvalue weighted by molar-refractivity contribution is 0.973. The van der Waals surface area contributed by atoms with Gasteiger partial charge in [0.25, 0.3) is 5.56 Å². The SMILES string of the molecule is CCc1nc(-c2cccs2)[nH]c(=O)c1Br. The summed E-state index contributed by atoms with van der Waals surface area (Å²) in [6.45, 7) is 1.98. The predicted molar refractivity (Wildman–Crippen MR) is 65.2 cm³/mol. The second kappa shape index (κ2) is 4.28. The van der Waals surface area contributed by atoms with Gasteiger partial charge in [-0.05, 0) is 33.8 Å². The lowest BCUT2D eigenvalue weighted by Gasteiger charge is -2.02. The lowest BCUT2D eigenvalue weighted by atomic mass is 10.3. The van der Waals surface area contributed by atoms with Gasteiger partial charge in [-0.25, -0.2) is 4.98 Å². The van der Waals surface area contributed by atoms with Gasteiger partial charge in [0.05, 0.1) is 10.6 Å². The fraction of sp³-hybridized carbons (Fsp3) is 0.200. The number of hydrogen-bond acceptors (Lipinski definition) is 3. The number of aryl methyl sites for hydroxylation is 1. The number of aromatic amines is 1. The van der Waals surface area contributed by atoms with Gasteiger partial charge in [-0.2, -0.15) is 0 Å². The van der Waals surface area contributed by atoms with Gasteiger partial charge in [-0.15, -0.1) is 11.3 Å². The number of H-pyrrole nitrogens is 1. The monoisotopic (exact) mass is 284 g/mol. The Labute approximate surface area is 99.3 Å². The van der Waals surface area contributed by atoms with E-state index in [4.69, 9.17) is 0 Å². The summed E-state index contributed by atoms with van der Waals surface area (Å²) < 4.78 is 0.533. The van der Waals surface area contributed by atoms with E-state index < -0.39 is 0 Å². The molecule has 2 rings (SSSR count). The van der Waals surface area contributed by atoms with Crippen LogP contribution < -0.4 is 5.56 Å². The van der Waals surface area contributed by atoms with E-state index in [9.17, 15) is 4.79 Å². The second-order valence-electron chi connectivity index (χ2n) is 3.01. The van der Waals surface area contributed by atoms with Crippen molar-refractivity contribution in [1.82, 2.24) is 9.97 Å². The number of aromatic nitrogens is 2. The molecule has 0 amide bonds. The fourth-order valence-electron chi connectivity index (χ4n) is 1.27. The fourth-order valence-corrected chi connectivity index (χ4v) is 2.41. The average Bonchev–Trinajstić information content (AvgIpc) is 2.75. The first-order chi connectivity index (χ1) is 7.22. The molecule has 0 aromatic carbocycles. The van der Waals surface area contributed by atoms with Crippen LogP contribution in [-0.2, 0) is 6.42 Å². The van der Waals surface area contributed by atoms with Crippen LogP contribution in [0, 0.1) is 0 Å². The maximum absolute atomic E-state index is 11.6. The smallest absolute Gasteiger partial charge is 0.265 e. The van der Waals surface area contributed by atoms with Crippen LogP contribution in [0.25, 0.3) is 10.7 Å². The van der Waals surface area contributed by atoms with Gasteiger partial charge in [-0.3, -0.25) is 4.79 Å². The highest BCUT2D eigenvalue weighted by Crippen LogP contribution is 2.21. The molecule has 2 heterocycles. The van der Waals surface area contributed by atoms with E-state index in [1.165, 1.54) is 0 Å². The van der Waals surface area contributed by atoms with Crippen LogP contribution in [0.4, 0.5) is 0 Å². The number of hydrogen-bond donors (Lipinski definition) is 1. The molecule has 0 atom stereocenters. The second-order valence-corrected chi connectivity index (χ2v) is 4.75. The van der Waals surface area contributed by atoms with E-state index in [2.05, 4.69) is 25.9 Å². The summed E-state index contributed by atoms with van der Waals surface area (Å²) in [5, 5.41) is 1.96. The van der Waals surface area contributed by atoms with Crippen LogP contribution in [-0.4, -0.2) is 9.97 Å². The highest BCUT2D eigenvalue weighted by atomic mass is 79.9. The van der Waals surface area contributed by atoms with E-state index in [1.54, 1.807) is 11.3 Å². The van der Waals surface area contributed by atoms with Gasteiger partial charge in [0.2, 0.25) is 0 Å². The molecule has 5 heteroatoms. The van der Waals surface area contributed by atoms with Crippen molar-refractivity contribution in [2.45, 2.75) is 13.3 Å². The van der Waals surface area contributed by atoms with E-state index in [1.807, 2.05) is 24.4 Å². The minimum absolute atomic E-state index is 0.120. The minimum atomic E-state index is -0.120. The Morgan fingerprint density at radius 2 is 2.40 bits per heavy atom. The summed E-state index contributed by atoms with van der Waals surface area (Å²) in [6, 6.07) is 3.88. The molecule has 0 aliphatic rings. The van der Waals surface area contributed by atoms with Crippen LogP contribution in [0.2, 0.25) is 0 Å². The van der Waals surface area contributed by atoms with Gasteiger partial charge in [-0.1, -0.05) is 13.0 Å². The van der Waals surface area contributed by atoms with Crippen LogP contribution >= 0.6 is 27.3 Å². The van der Waals surface area contributed by atoms with Crippen molar-refractivity contribution < 1.29 is 0 Å². The lowest BCUT2D eigenvalue weighted by Crippen LogP contribution is -2.12. The van der Waals surface area contributed by atoms with Crippen LogP contribution in [0.5, 0.6) is 0 Å². The van der Waals surface area contributed by atoms with Crippen LogP contribution in [0.15, 0.2) is 26.8 Å². The van der Waals surface area contributed by atoms with Crippen molar-refractivity contribution in [2.24, 2.45) is 0 Å². The molecule has 15 heavy (non-hydrogen) atoms. The summed E-state index contributed by atoms with van der Waals surface area (Å²) >= 11 is 4.80. The van der Waals surface area contributed by atoms with E-state index >= 15 is 0 Å². The summed E-state index contributed by atoms with van der Waals surface area (Å²) in [6.07, 6.45) is 0.739. The van der Waals surface area contributed by atoms with Gasteiger partial charge < -0.3 is 4.98 Å². The normalized spacial score (nSPS) is 10.5. The van der Waals surface area contributed by atoms with Crippen LogP contribution in [0.1, 0.15) is 12.6 Å². The Hall–Kier alpha value is -0.940. The van der Waals surface area contributed by atoms with Crippen LogP contribution in [0.3, 0.4) is 0 Å². The number of thiophene rings is 1. The average molecular weight is 285 g/mol. The highest BCUT2D eigenvalue weighted by Gasteiger charge is 2.08. The van der Waals surface area contributed by atoms with Gasteiger partial charge in [0.15, 0.2) is 5.82 Å². The molecule has 0 radical (unpaired) electrons. The van der Waals surface area contributed by atoms with Gasteiger partial charge >= 0.3 is 0 Å². The predicted octanol–water partition coefficient (Wildman–Crippen LogP) is 2.82. The molecule has 1 N–H and O–H groups in total. The molecule has 0 spiro atoms. The number of nitrogens with zero attached hydrogens (tertiary/aromatic N) is 1. The molecule has 0 aliphatic heterocycles. The first-order valence-electron chi connectivity index (χ1n) is 4.55. The standard InChI is InChI=1S/C10H9BrN2OS/c1-2-6-8(11)10(14)13-9(12-6)7-4-3-5-15-7/h3-5H,2H2,1H3,(H,12,13,14). The Morgan fingerprint density at radius 1 is 1.60 bits per heavy atom. The maximum Gasteiger partial charge on any atom is 0.265 e. The zero-order valence-electron chi connectivity index (χ0n) is 8.08. The molecule has 0 bridgehead atoms. The maximum atomic E-state index is 11.6. The molecular formula is C10H9BrN2OS. The molecule has 78 valence electrons. The zero-order chi connectivity index (χ0) is 10.8. The van der Waals surface area contributed by atoms with Crippen molar-refractivity contribution in [3.8, 4) is 10.7 Å². The van der Waals surface area contributed by atoms with Crippen molar-refractivity contribution in [3.63, 3.8) is 0 Å². The largest absolute Gasteiger partial charge is 0.305 e. The molecule has 3 nitrogen and oxygen atoms in total. The molecule has 0 unspecified atom stereocenters. The van der Waals surface area contributed by atoms with E-state index in [0.717, 1.165) is 17.0 Å². The Bertz CT molecular complexity index is 519. The third kappa shape index (κ3) is 2.03. The van der Waals surface area contributed by atoms with Gasteiger partial charge in [0.1, 0.15) is 4.47 Å². The molecule has 0 saturated carbocycles. The summed E-state index contributed by atoms with van der Waals surface area (Å²) in [5.74, 6) is 0.648. The molecule has 2 aromatic heterocycles. The zero-order valence-corrected chi connectivity index (χ0v) is 10.5. The quantitative estimate of drug-likeness (QED) is 0.922.